The van der Waals surface area contributed by atoms with Crippen molar-refractivity contribution in [3.63, 3.8) is 0 Å². The van der Waals surface area contributed by atoms with Crippen LogP contribution in [0, 0.1) is 0 Å². The highest BCUT2D eigenvalue weighted by atomic mass is 35.5. The number of ether oxygens (including phenoxy) is 1. The van der Waals surface area contributed by atoms with Gasteiger partial charge in [0.25, 0.3) is 5.91 Å². The lowest BCUT2D eigenvalue weighted by Crippen LogP contribution is -2.39. The number of nitrogens with one attached hydrogen (secondary N) is 3. The third kappa shape index (κ3) is 7.40. The molecule has 0 aliphatic rings. The number of rotatable bonds is 7. The molecule has 2 rings (SSSR count). The van der Waals surface area contributed by atoms with E-state index in [4.69, 9.17) is 39.5 Å². The lowest BCUT2D eigenvalue weighted by atomic mass is 10.1. The lowest BCUT2D eigenvalue weighted by Gasteiger charge is -2.11. The number of carbonyl (C=O) groups is 3. The Labute approximate surface area is 189 Å². The molecule has 30 heavy (non-hydrogen) atoms. The summed E-state index contributed by atoms with van der Waals surface area (Å²) in [5.41, 5.74) is 1.25. The first-order chi connectivity index (χ1) is 14.2. The van der Waals surface area contributed by atoms with E-state index in [9.17, 15) is 14.4 Å². The Morgan fingerprint density at radius 1 is 1.00 bits per heavy atom. The number of carbonyl (C=O) groups excluding carboxylic acids is 3. The fraction of sp³-hybridized carbons (Fsp3) is 0.250. The fourth-order valence-corrected chi connectivity index (χ4v) is 3.22. The number of halogens is 3. The van der Waals surface area contributed by atoms with Crippen LogP contribution in [0.2, 0.25) is 15.1 Å². The molecule has 7 nitrogen and oxygen atoms in total. The summed E-state index contributed by atoms with van der Waals surface area (Å²) in [7, 11) is 0. The van der Waals surface area contributed by atoms with E-state index in [0.717, 1.165) is 5.56 Å². The Balaban J connectivity index is 1.85. The Bertz CT molecular complexity index is 910. The second kappa shape index (κ2) is 11.1. The standard InChI is InChI=1S/C20H20Cl3N3O4/c1-11(2)25-20(29)24-9-12-3-5-13(6-4-12)19(28)30-10-17(27)26-18-15(22)7-14(21)8-16(18)23/h3-8,11H,9-10H2,1-2H3,(H,26,27)(H2,24,25,29). The summed E-state index contributed by atoms with van der Waals surface area (Å²) < 4.78 is 5.00. The third-order valence-corrected chi connectivity index (χ3v) is 4.48. The van der Waals surface area contributed by atoms with Crippen LogP contribution in [-0.4, -0.2) is 30.6 Å². The van der Waals surface area contributed by atoms with Crippen LogP contribution in [0.1, 0.15) is 29.8 Å². The van der Waals surface area contributed by atoms with Crippen molar-refractivity contribution >= 4 is 58.4 Å². The topological polar surface area (TPSA) is 96.5 Å². The number of hydrogen-bond acceptors (Lipinski definition) is 4. The van der Waals surface area contributed by atoms with Crippen LogP contribution < -0.4 is 16.0 Å². The second-order valence-corrected chi connectivity index (χ2v) is 7.80. The van der Waals surface area contributed by atoms with Gasteiger partial charge in [0.05, 0.1) is 21.3 Å². The van der Waals surface area contributed by atoms with Gasteiger partial charge in [0, 0.05) is 17.6 Å². The Hall–Kier alpha value is -2.48. The molecule has 0 aliphatic heterocycles. The number of esters is 1. The highest BCUT2D eigenvalue weighted by Crippen LogP contribution is 2.33. The van der Waals surface area contributed by atoms with Gasteiger partial charge in [-0.15, -0.1) is 0 Å². The zero-order valence-corrected chi connectivity index (χ0v) is 18.5. The van der Waals surface area contributed by atoms with Gasteiger partial charge in [0.1, 0.15) is 0 Å². The van der Waals surface area contributed by atoms with Gasteiger partial charge in [-0.2, -0.15) is 0 Å². The molecule has 3 N–H and O–H groups in total. The Kier molecular flexibility index (Phi) is 8.77. The zero-order chi connectivity index (χ0) is 22.3. The molecule has 0 spiro atoms. The molecule has 0 aromatic heterocycles. The van der Waals surface area contributed by atoms with Gasteiger partial charge < -0.3 is 20.7 Å². The van der Waals surface area contributed by atoms with Crippen molar-refractivity contribution in [2.75, 3.05) is 11.9 Å². The second-order valence-electron chi connectivity index (χ2n) is 6.55. The first-order valence-electron chi connectivity index (χ1n) is 8.90. The van der Waals surface area contributed by atoms with Gasteiger partial charge >= 0.3 is 12.0 Å². The maximum absolute atomic E-state index is 12.1. The lowest BCUT2D eigenvalue weighted by molar-refractivity contribution is -0.119. The molecule has 0 aliphatic carbocycles. The third-order valence-electron chi connectivity index (χ3n) is 3.67. The molecular formula is C20H20Cl3N3O4. The first kappa shape index (κ1) is 23.8. The van der Waals surface area contributed by atoms with Gasteiger partial charge in [-0.05, 0) is 43.7 Å². The van der Waals surface area contributed by atoms with Crippen molar-refractivity contribution in [2.45, 2.75) is 26.4 Å². The SMILES string of the molecule is CC(C)NC(=O)NCc1ccc(C(=O)OCC(=O)Nc2c(Cl)cc(Cl)cc2Cl)cc1. The van der Waals surface area contributed by atoms with Crippen molar-refractivity contribution in [2.24, 2.45) is 0 Å². The van der Waals surface area contributed by atoms with Gasteiger partial charge in [-0.25, -0.2) is 9.59 Å². The molecule has 2 aromatic carbocycles. The minimum atomic E-state index is -0.671. The van der Waals surface area contributed by atoms with Crippen LogP contribution in [-0.2, 0) is 16.1 Å². The van der Waals surface area contributed by atoms with Gasteiger partial charge in [-0.1, -0.05) is 46.9 Å². The summed E-state index contributed by atoms with van der Waals surface area (Å²) >= 11 is 17.8. The van der Waals surface area contributed by atoms with Crippen LogP contribution in [0.5, 0.6) is 0 Å². The van der Waals surface area contributed by atoms with Crippen molar-refractivity contribution in [3.05, 3.63) is 62.6 Å². The molecule has 2 aromatic rings. The number of benzene rings is 2. The molecule has 10 heteroatoms. The Morgan fingerprint density at radius 2 is 1.60 bits per heavy atom. The minimum absolute atomic E-state index is 0.0334. The molecule has 0 saturated carbocycles. The smallest absolute Gasteiger partial charge is 0.338 e. The van der Waals surface area contributed by atoms with E-state index in [1.165, 1.54) is 12.1 Å². The Morgan fingerprint density at radius 3 is 2.17 bits per heavy atom. The van der Waals surface area contributed by atoms with Crippen molar-refractivity contribution < 1.29 is 19.1 Å². The number of amides is 3. The summed E-state index contributed by atoms with van der Waals surface area (Å²) in [6.45, 7) is 3.50. The van der Waals surface area contributed by atoms with Crippen LogP contribution in [0.4, 0.5) is 10.5 Å². The van der Waals surface area contributed by atoms with E-state index in [-0.39, 0.29) is 33.4 Å². The van der Waals surface area contributed by atoms with Crippen molar-refractivity contribution in [1.82, 2.24) is 10.6 Å². The summed E-state index contributed by atoms with van der Waals surface area (Å²) in [6.07, 6.45) is 0. The molecule has 0 heterocycles. The van der Waals surface area contributed by atoms with E-state index in [2.05, 4.69) is 16.0 Å². The number of anilines is 1. The van der Waals surface area contributed by atoms with Crippen LogP contribution >= 0.6 is 34.8 Å². The normalized spacial score (nSPS) is 10.5. The van der Waals surface area contributed by atoms with E-state index in [1.54, 1.807) is 24.3 Å². The molecular weight excluding hydrogens is 453 g/mol. The zero-order valence-electron chi connectivity index (χ0n) is 16.2. The molecule has 0 radical (unpaired) electrons. The summed E-state index contributed by atoms with van der Waals surface area (Å²) in [5.74, 6) is -1.28. The minimum Gasteiger partial charge on any atom is -0.452 e. The molecule has 0 atom stereocenters. The maximum Gasteiger partial charge on any atom is 0.338 e. The highest BCUT2D eigenvalue weighted by Gasteiger charge is 2.14. The average Bonchev–Trinajstić information content (AvgIpc) is 2.67. The van der Waals surface area contributed by atoms with Crippen molar-refractivity contribution in [1.29, 1.82) is 0 Å². The van der Waals surface area contributed by atoms with Crippen LogP contribution in [0.3, 0.4) is 0 Å². The maximum atomic E-state index is 12.1. The molecule has 0 saturated heterocycles. The number of urea groups is 1. The van der Waals surface area contributed by atoms with Gasteiger partial charge in [0.15, 0.2) is 6.61 Å². The van der Waals surface area contributed by atoms with Crippen molar-refractivity contribution in [3.8, 4) is 0 Å². The predicted molar refractivity (Wildman–Crippen MR) is 117 cm³/mol. The predicted octanol–water partition coefficient (Wildman–Crippen LogP) is 4.65. The summed E-state index contributed by atoms with van der Waals surface area (Å²) in [5, 5.41) is 8.55. The van der Waals surface area contributed by atoms with Gasteiger partial charge in [0.2, 0.25) is 0 Å². The monoisotopic (exact) mass is 471 g/mol. The summed E-state index contributed by atoms with van der Waals surface area (Å²) in [4.78, 5) is 35.7. The van der Waals surface area contributed by atoms with E-state index < -0.39 is 18.5 Å². The molecule has 3 amide bonds. The van der Waals surface area contributed by atoms with Gasteiger partial charge in [-0.3, -0.25) is 4.79 Å². The van der Waals surface area contributed by atoms with Crippen LogP contribution in [0.25, 0.3) is 0 Å². The quantitative estimate of drug-likeness (QED) is 0.511. The van der Waals surface area contributed by atoms with E-state index in [1.807, 2.05) is 13.8 Å². The summed E-state index contributed by atoms with van der Waals surface area (Å²) in [6, 6.07) is 9.07. The highest BCUT2D eigenvalue weighted by molar-refractivity contribution is 6.42. The largest absolute Gasteiger partial charge is 0.452 e. The fourth-order valence-electron chi connectivity index (χ4n) is 2.31. The average molecular weight is 473 g/mol. The molecule has 0 fully saturated rings. The van der Waals surface area contributed by atoms with E-state index in [0.29, 0.717) is 11.6 Å². The molecule has 0 unspecified atom stereocenters. The van der Waals surface area contributed by atoms with E-state index >= 15 is 0 Å². The molecule has 0 bridgehead atoms. The first-order valence-corrected chi connectivity index (χ1v) is 10.0. The number of hydrogen-bond donors (Lipinski definition) is 3. The molecule has 160 valence electrons. The van der Waals surface area contributed by atoms with Crippen LogP contribution in [0.15, 0.2) is 36.4 Å².